The van der Waals surface area contributed by atoms with Gasteiger partial charge in [0.2, 0.25) is 0 Å². The molecule has 0 N–H and O–H groups in total. The molecule has 0 aliphatic carbocycles. The molecule has 1 aromatic carbocycles. The summed E-state index contributed by atoms with van der Waals surface area (Å²) in [6.07, 6.45) is 5.24. The van der Waals surface area contributed by atoms with Crippen molar-refractivity contribution in [3.8, 4) is 12.3 Å². The number of terminal acetylenes is 1. The second-order valence-corrected chi connectivity index (χ2v) is 3.84. The molecule has 0 atom stereocenters. The van der Waals surface area contributed by atoms with E-state index in [4.69, 9.17) is 6.42 Å². The SMILES string of the molecule is C#CCN(CC)C(=O)c1ccc(C)cc1C. The average Bonchev–Trinajstić information content (AvgIpc) is 2.25. The summed E-state index contributed by atoms with van der Waals surface area (Å²) in [7, 11) is 0. The average molecular weight is 215 g/mol. The first-order valence-electron chi connectivity index (χ1n) is 5.40. The van der Waals surface area contributed by atoms with Gasteiger partial charge in [-0.1, -0.05) is 23.6 Å². The summed E-state index contributed by atoms with van der Waals surface area (Å²) >= 11 is 0. The lowest BCUT2D eigenvalue weighted by molar-refractivity contribution is 0.0784. The Morgan fingerprint density at radius 1 is 1.44 bits per heavy atom. The van der Waals surface area contributed by atoms with Gasteiger partial charge in [0.15, 0.2) is 0 Å². The van der Waals surface area contributed by atoms with E-state index in [0.717, 1.165) is 16.7 Å². The largest absolute Gasteiger partial charge is 0.328 e. The number of aryl methyl sites for hydroxylation is 2. The fourth-order valence-electron chi connectivity index (χ4n) is 1.66. The minimum Gasteiger partial charge on any atom is -0.328 e. The first-order valence-corrected chi connectivity index (χ1v) is 5.40. The first kappa shape index (κ1) is 12.3. The summed E-state index contributed by atoms with van der Waals surface area (Å²) in [5.74, 6) is 2.52. The van der Waals surface area contributed by atoms with Gasteiger partial charge in [-0.3, -0.25) is 4.79 Å². The Morgan fingerprint density at radius 2 is 2.12 bits per heavy atom. The minimum absolute atomic E-state index is 0.0120. The normalized spacial score (nSPS) is 9.62. The first-order chi connectivity index (χ1) is 7.60. The van der Waals surface area contributed by atoms with E-state index < -0.39 is 0 Å². The van der Waals surface area contributed by atoms with Gasteiger partial charge in [0, 0.05) is 12.1 Å². The van der Waals surface area contributed by atoms with Crippen LogP contribution < -0.4 is 0 Å². The Morgan fingerprint density at radius 3 is 2.62 bits per heavy atom. The quantitative estimate of drug-likeness (QED) is 0.709. The van der Waals surface area contributed by atoms with Crippen LogP contribution >= 0.6 is 0 Å². The fraction of sp³-hybridized carbons (Fsp3) is 0.357. The highest BCUT2D eigenvalue weighted by molar-refractivity contribution is 5.95. The smallest absolute Gasteiger partial charge is 0.254 e. The van der Waals surface area contributed by atoms with Crippen LogP contribution in [0.1, 0.15) is 28.4 Å². The van der Waals surface area contributed by atoms with Gasteiger partial charge in [0.05, 0.1) is 6.54 Å². The number of rotatable bonds is 3. The third-order valence-corrected chi connectivity index (χ3v) is 2.56. The molecule has 0 aromatic heterocycles. The lowest BCUT2D eigenvalue weighted by Crippen LogP contribution is -2.31. The molecule has 16 heavy (non-hydrogen) atoms. The van der Waals surface area contributed by atoms with Crippen LogP contribution in [0.4, 0.5) is 0 Å². The van der Waals surface area contributed by atoms with Gasteiger partial charge < -0.3 is 4.90 Å². The van der Waals surface area contributed by atoms with Gasteiger partial charge >= 0.3 is 0 Å². The van der Waals surface area contributed by atoms with Crippen molar-refractivity contribution in [3.63, 3.8) is 0 Å². The van der Waals surface area contributed by atoms with Gasteiger partial charge in [-0.2, -0.15) is 0 Å². The molecule has 1 rings (SSSR count). The summed E-state index contributed by atoms with van der Waals surface area (Å²) < 4.78 is 0. The summed E-state index contributed by atoms with van der Waals surface area (Å²) in [5.41, 5.74) is 2.90. The van der Waals surface area contributed by atoms with Crippen molar-refractivity contribution in [2.24, 2.45) is 0 Å². The summed E-state index contributed by atoms with van der Waals surface area (Å²) in [6.45, 7) is 6.89. The maximum absolute atomic E-state index is 12.1. The molecule has 2 heteroatoms. The van der Waals surface area contributed by atoms with Crippen LogP contribution in [0.5, 0.6) is 0 Å². The van der Waals surface area contributed by atoms with Gasteiger partial charge in [-0.05, 0) is 32.4 Å². The summed E-state index contributed by atoms with van der Waals surface area (Å²) in [6, 6.07) is 5.83. The van der Waals surface area contributed by atoms with E-state index >= 15 is 0 Å². The third kappa shape index (κ3) is 2.64. The molecular formula is C14H17NO. The highest BCUT2D eigenvalue weighted by atomic mass is 16.2. The molecule has 84 valence electrons. The van der Waals surface area contributed by atoms with E-state index in [2.05, 4.69) is 5.92 Å². The van der Waals surface area contributed by atoms with Gasteiger partial charge in [0.1, 0.15) is 0 Å². The van der Waals surface area contributed by atoms with Crippen LogP contribution in [-0.4, -0.2) is 23.9 Å². The highest BCUT2D eigenvalue weighted by Crippen LogP contribution is 2.13. The molecule has 0 saturated carbocycles. The lowest BCUT2D eigenvalue weighted by Gasteiger charge is -2.19. The van der Waals surface area contributed by atoms with E-state index in [9.17, 15) is 4.79 Å². The lowest BCUT2D eigenvalue weighted by atomic mass is 10.0. The maximum Gasteiger partial charge on any atom is 0.254 e. The highest BCUT2D eigenvalue weighted by Gasteiger charge is 2.14. The monoisotopic (exact) mass is 215 g/mol. The number of benzene rings is 1. The van der Waals surface area contributed by atoms with Crippen molar-refractivity contribution >= 4 is 5.91 Å². The number of hydrogen-bond acceptors (Lipinski definition) is 1. The number of nitrogens with zero attached hydrogens (tertiary/aromatic N) is 1. The molecule has 0 aliphatic rings. The molecule has 0 heterocycles. The number of hydrogen-bond donors (Lipinski definition) is 0. The zero-order valence-electron chi connectivity index (χ0n) is 10.1. The predicted octanol–water partition coefficient (Wildman–Crippen LogP) is 2.40. The minimum atomic E-state index is 0.0120. The van der Waals surface area contributed by atoms with Crippen molar-refractivity contribution in [1.29, 1.82) is 0 Å². The third-order valence-electron chi connectivity index (χ3n) is 2.56. The second kappa shape index (κ2) is 5.37. The van der Waals surface area contributed by atoms with Gasteiger partial charge in [-0.15, -0.1) is 6.42 Å². The summed E-state index contributed by atoms with van der Waals surface area (Å²) in [4.78, 5) is 13.8. The Balaban J connectivity index is 3.00. The zero-order valence-corrected chi connectivity index (χ0v) is 10.1. The molecule has 0 unspecified atom stereocenters. The Kier molecular flexibility index (Phi) is 4.13. The molecule has 0 aliphatic heterocycles. The molecular weight excluding hydrogens is 198 g/mol. The van der Waals surface area contributed by atoms with Crippen LogP contribution in [0.2, 0.25) is 0 Å². The topological polar surface area (TPSA) is 20.3 Å². The van der Waals surface area contributed by atoms with Gasteiger partial charge in [-0.25, -0.2) is 0 Å². The molecule has 1 aromatic rings. The van der Waals surface area contributed by atoms with Crippen molar-refractivity contribution < 1.29 is 4.79 Å². The van der Waals surface area contributed by atoms with Crippen LogP contribution in [-0.2, 0) is 0 Å². The molecule has 2 nitrogen and oxygen atoms in total. The molecule has 1 amide bonds. The maximum atomic E-state index is 12.1. The number of carbonyl (C=O) groups is 1. The predicted molar refractivity (Wildman–Crippen MR) is 66.3 cm³/mol. The van der Waals surface area contributed by atoms with Crippen LogP contribution in [0.15, 0.2) is 18.2 Å². The van der Waals surface area contributed by atoms with E-state index in [-0.39, 0.29) is 5.91 Å². The van der Waals surface area contributed by atoms with Crippen LogP contribution in [0.25, 0.3) is 0 Å². The van der Waals surface area contributed by atoms with E-state index in [0.29, 0.717) is 13.1 Å². The van der Waals surface area contributed by atoms with E-state index in [1.54, 1.807) is 4.90 Å². The molecule has 0 saturated heterocycles. The number of carbonyl (C=O) groups excluding carboxylic acids is 1. The second-order valence-electron chi connectivity index (χ2n) is 3.84. The van der Waals surface area contributed by atoms with Crippen LogP contribution in [0.3, 0.4) is 0 Å². The van der Waals surface area contributed by atoms with E-state index in [1.807, 2.05) is 39.0 Å². The van der Waals surface area contributed by atoms with Gasteiger partial charge in [0.25, 0.3) is 5.91 Å². The van der Waals surface area contributed by atoms with Crippen molar-refractivity contribution in [2.45, 2.75) is 20.8 Å². The molecule has 0 radical (unpaired) electrons. The Hall–Kier alpha value is -1.75. The standard InChI is InChI=1S/C14H17NO/c1-5-9-15(6-2)14(16)13-8-7-11(3)10-12(13)4/h1,7-8,10H,6,9H2,2-4H3. The van der Waals surface area contributed by atoms with Crippen molar-refractivity contribution in [3.05, 3.63) is 34.9 Å². The van der Waals surface area contributed by atoms with Crippen molar-refractivity contribution in [1.82, 2.24) is 4.90 Å². The summed E-state index contributed by atoms with van der Waals surface area (Å²) in [5, 5.41) is 0. The Labute approximate surface area is 97.3 Å². The number of amides is 1. The van der Waals surface area contributed by atoms with E-state index in [1.165, 1.54) is 0 Å². The molecule has 0 bridgehead atoms. The zero-order chi connectivity index (χ0) is 12.1. The van der Waals surface area contributed by atoms with Crippen LogP contribution in [0, 0.1) is 26.2 Å². The fourth-order valence-corrected chi connectivity index (χ4v) is 1.66. The molecule has 0 fully saturated rings. The Bertz CT molecular complexity index is 429. The molecule has 0 spiro atoms. The van der Waals surface area contributed by atoms with Crippen molar-refractivity contribution in [2.75, 3.05) is 13.1 Å².